The van der Waals surface area contributed by atoms with Crippen molar-refractivity contribution in [2.24, 2.45) is 5.41 Å². The monoisotopic (exact) mass is 219 g/mol. The number of benzene rings is 1. The first-order valence-electron chi connectivity index (χ1n) is 5.97. The van der Waals surface area contributed by atoms with Crippen molar-refractivity contribution in [3.63, 3.8) is 0 Å². The van der Waals surface area contributed by atoms with Gasteiger partial charge in [-0.25, -0.2) is 0 Å². The van der Waals surface area contributed by atoms with E-state index in [1.165, 1.54) is 25.7 Å². The zero-order valence-electron chi connectivity index (χ0n) is 9.33. The van der Waals surface area contributed by atoms with Gasteiger partial charge in [0, 0.05) is 18.0 Å². The Bertz CT molecular complexity index is 397. The molecule has 1 aliphatic heterocycles. The quantitative estimate of drug-likeness (QED) is 0.705. The molecule has 1 aromatic carbocycles. The zero-order valence-corrected chi connectivity index (χ0v) is 9.33. The second-order valence-corrected chi connectivity index (χ2v) is 5.03. The lowest BCUT2D eigenvalue weighted by Crippen LogP contribution is -2.30. The first kappa shape index (κ1) is 9.82. The third kappa shape index (κ3) is 1.60. The van der Waals surface area contributed by atoms with E-state index in [0.29, 0.717) is 5.41 Å². The van der Waals surface area contributed by atoms with Gasteiger partial charge in [0.2, 0.25) is 0 Å². The highest BCUT2D eigenvalue weighted by molar-refractivity contribution is 5.60. The van der Waals surface area contributed by atoms with Crippen LogP contribution in [0.15, 0.2) is 18.2 Å². The topological polar surface area (TPSA) is 41.5 Å². The fraction of sp³-hybridized carbons (Fsp3) is 0.538. The lowest BCUT2D eigenvalue weighted by molar-refractivity contribution is 0.169. The molecule has 2 aliphatic rings. The molecule has 0 aromatic heterocycles. The highest BCUT2D eigenvalue weighted by Gasteiger charge is 2.36. The van der Waals surface area contributed by atoms with Crippen molar-refractivity contribution < 1.29 is 9.84 Å². The number of anilines is 1. The maximum Gasteiger partial charge on any atom is 0.142 e. The highest BCUT2D eigenvalue weighted by Crippen LogP contribution is 2.42. The number of fused-ring (bicyclic) bond motifs is 1. The summed E-state index contributed by atoms with van der Waals surface area (Å²) >= 11 is 0. The molecule has 0 atom stereocenters. The Morgan fingerprint density at radius 2 is 2.06 bits per heavy atom. The van der Waals surface area contributed by atoms with Crippen LogP contribution in [0, 0.1) is 5.41 Å². The number of hydrogen-bond acceptors (Lipinski definition) is 3. The van der Waals surface area contributed by atoms with Gasteiger partial charge in [0.1, 0.15) is 11.5 Å². The molecule has 1 heterocycles. The largest absolute Gasteiger partial charge is 0.508 e. The molecule has 3 rings (SSSR count). The van der Waals surface area contributed by atoms with E-state index < -0.39 is 0 Å². The molecule has 2 N–H and O–H groups in total. The molecule has 3 heteroatoms. The molecular weight excluding hydrogens is 202 g/mol. The van der Waals surface area contributed by atoms with Crippen LogP contribution in [-0.4, -0.2) is 18.3 Å². The van der Waals surface area contributed by atoms with E-state index in [0.717, 1.165) is 24.6 Å². The number of ether oxygens (including phenoxy) is 1. The van der Waals surface area contributed by atoms with Crippen LogP contribution in [0.25, 0.3) is 0 Å². The van der Waals surface area contributed by atoms with Gasteiger partial charge in [0.05, 0.1) is 12.3 Å². The van der Waals surface area contributed by atoms with Crippen LogP contribution in [-0.2, 0) is 0 Å². The molecule has 1 spiro atoms. The summed E-state index contributed by atoms with van der Waals surface area (Å²) in [6.45, 7) is 1.77. The average molecular weight is 219 g/mol. The lowest BCUT2D eigenvalue weighted by atomic mass is 9.87. The van der Waals surface area contributed by atoms with Gasteiger partial charge < -0.3 is 15.2 Å². The van der Waals surface area contributed by atoms with Crippen molar-refractivity contribution in [3.8, 4) is 11.5 Å². The molecule has 16 heavy (non-hydrogen) atoms. The van der Waals surface area contributed by atoms with Crippen LogP contribution >= 0.6 is 0 Å². The van der Waals surface area contributed by atoms with Crippen molar-refractivity contribution >= 4 is 5.69 Å². The van der Waals surface area contributed by atoms with Gasteiger partial charge in [0.15, 0.2) is 0 Å². The molecule has 0 amide bonds. The molecule has 1 aromatic rings. The van der Waals surface area contributed by atoms with Gasteiger partial charge in [-0.15, -0.1) is 0 Å². The van der Waals surface area contributed by atoms with Crippen molar-refractivity contribution in [1.29, 1.82) is 0 Å². The average Bonchev–Trinajstić information content (AvgIpc) is 2.66. The van der Waals surface area contributed by atoms with Crippen molar-refractivity contribution in [2.75, 3.05) is 18.5 Å². The molecule has 0 bridgehead atoms. The van der Waals surface area contributed by atoms with Gasteiger partial charge in [0.25, 0.3) is 0 Å². The number of rotatable bonds is 0. The number of phenols is 1. The minimum Gasteiger partial charge on any atom is -0.508 e. The highest BCUT2D eigenvalue weighted by atomic mass is 16.5. The van der Waals surface area contributed by atoms with E-state index in [2.05, 4.69) is 5.32 Å². The SMILES string of the molecule is Oc1ccc2c(c1)NCC1(CCCC1)CO2. The van der Waals surface area contributed by atoms with Gasteiger partial charge in [-0.2, -0.15) is 0 Å². The Morgan fingerprint density at radius 3 is 2.88 bits per heavy atom. The summed E-state index contributed by atoms with van der Waals surface area (Å²) in [5.41, 5.74) is 1.23. The standard InChI is InChI=1S/C13H17NO2/c15-10-3-4-12-11(7-10)14-8-13(9-16-12)5-1-2-6-13/h3-4,7,14-15H,1-2,5-6,8-9H2. The van der Waals surface area contributed by atoms with Crippen LogP contribution in [0.4, 0.5) is 5.69 Å². The van der Waals surface area contributed by atoms with E-state index in [-0.39, 0.29) is 5.75 Å². The number of aromatic hydroxyl groups is 1. The van der Waals surface area contributed by atoms with E-state index in [1.807, 2.05) is 6.07 Å². The predicted molar refractivity (Wildman–Crippen MR) is 63.0 cm³/mol. The van der Waals surface area contributed by atoms with E-state index >= 15 is 0 Å². The van der Waals surface area contributed by atoms with Gasteiger partial charge >= 0.3 is 0 Å². The number of phenolic OH excluding ortho intramolecular Hbond substituents is 1. The molecule has 0 unspecified atom stereocenters. The summed E-state index contributed by atoms with van der Waals surface area (Å²) in [6, 6.07) is 5.25. The van der Waals surface area contributed by atoms with E-state index in [9.17, 15) is 5.11 Å². The fourth-order valence-electron chi connectivity index (χ4n) is 2.79. The van der Waals surface area contributed by atoms with Crippen molar-refractivity contribution in [1.82, 2.24) is 0 Å². The third-order valence-corrected chi connectivity index (χ3v) is 3.82. The Balaban J connectivity index is 1.86. The zero-order chi connectivity index (χ0) is 11.0. The minimum atomic E-state index is 0.289. The maximum atomic E-state index is 9.44. The Morgan fingerprint density at radius 1 is 1.25 bits per heavy atom. The van der Waals surface area contributed by atoms with Crippen LogP contribution in [0.1, 0.15) is 25.7 Å². The van der Waals surface area contributed by atoms with Crippen LogP contribution in [0.3, 0.4) is 0 Å². The molecule has 1 aliphatic carbocycles. The number of hydrogen-bond donors (Lipinski definition) is 2. The van der Waals surface area contributed by atoms with Crippen molar-refractivity contribution in [2.45, 2.75) is 25.7 Å². The first-order chi connectivity index (χ1) is 7.77. The summed E-state index contributed by atoms with van der Waals surface area (Å²) in [7, 11) is 0. The van der Waals surface area contributed by atoms with Crippen molar-refractivity contribution in [3.05, 3.63) is 18.2 Å². The Kier molecular flexibility index (Phi) is 2.20. The first-order valence-corrected chi connectivity index (χ1v) is 5.97. The molecule has 1 fully saturated rings. The molecular formula is C13H17NO2. The van der Waals surface area contributed by atoms with E-state index in [4.69, 9.17) is 4.74 Å². The van der Waals surface area contributed by atoms with Gasteiger partial charge in [-0.3, -0.25) is 0 Å². The fourth-order valence-corrected chi connectivity index (χ4v) is 2.79. The second kappa shape index (κ2) is 3.58. The molecule has 1 saturated carbocycles. The van der Waals surface area contributed by atoms with Gasteiger partial charge in [-0.1, -0.05) is 12.8 Å². The number of nitrogens with one attached hydrogen (secondary N) is 1. The van der Waals surface area contributed by atoms with Crippen LogP contribution in [0.5, 0.6) is 11.5 Å². The van der Waals surface area contributed by atoms with Gasteiger partial charge in [-0.05, 0) is 25.0 Å². The van der Waals surface area contributed by atoms with Crippen LogP contribution in [0.2, 0.25) is 0 Å². The summed E-state index contributed by atoms with van der Waals surface area (Å²) in [5.74, 6) is 1.15. The Hall–Kier alpha value is -1.38. The smallest absolute Gasteiger partial charge is 0.142 e. The summed E-state index contributed by atoms with van der Waals surface area (Å²) < 4.78 is 5.87. The van der Waals surface area contributed by atoms with Crippen LogP contribution < -0.4 is 10.1 Å². The normalized spacial score (nSPS) is 22.0. The summed E-state index contributed by atoms with van der Waals surface area (Å²) in [5, 5.41) is 12.9. The summed E-state index contributed by atoms with van der Waals surface area (Å²) in [4.78, 5) is 0. The predicted octanol–water partition coefficient (Wildman–Crippen LogP) is 2.76. The second-order valence-electron chi connectivity index (χ2n) is 5.03. The lowest BCUT2D eigenvalue weighted by Gasteiger charge is -2.25. The molecule has 0 radical (unpaired) electrons. The molecule has 3 nitrogen and oxygen atoms in total. The minimum absolute atomic E-state index is 0.289. The molecule has 86 valence electrons. The maximum absolute atomic E-state index is 9.44. The summed E-state index contributed by atoms with van der Waals surface area (Å²) in [6.07, 6.45) is 5.12. The van der Waals surface area contributed by atoms with E-state index in [1.54, 1.807) is 12.1 Å². The third-order valence-electron chi connectivity index (χ3n) is 3.82. The molecule has 0 saturated heterocycles. The Labute approximate surface area is 95.4 Å².